The Morgan fingerprint density at radius 1 is 0.703 bits per heavy atom. The average Bonchev–Trinajstić information content (AvgIpc) is 3.16. The van der Waals surface area contributed by atoms with Crippen molar-refractivity contribution in [2.45, 2.75) is 20.8 Å². The molecule has 1 fully saturated rings. The molecule has 3 aromatic carbocycles. The molecule has 0 bridgehead atoms. The number of aromatic nitrogens is 1. The SMILES string of the molecule is Cc1ccc(N2C(=O)/C(=C/c3cc(C)n(-c4ccccc4Br)c3C)C(=O)N(c3ccccc3)C2=O)cc1. The standard InChI is InChI=1S/C30H24BrN3O3/c1-19-13-15-24(16-14-19)34-29(36)25(28(35)33(30(34)37)23-9-5-4-6-10-23)18-22-17-20(2)32(21(22)3)27-12-8-7-11-26(27)31/h4-18H,1-3H3/b25-18+. The van der Waals surface area contributed by atoms with E-state index in [9.17, 15) is 14.4 Å². The molecule has 0 saturated carbocycles. The number of carbonyl (C=O) groups is 3. The van der Waals surface area contributed by atoms with Crippen LogP contribution in [0.2, 0.25) is 0 Å². The van der Waals surface area contributed by atoms with E-state index in [4.69, 9.17) is 0 Å². The zero-order chi connectivity index (χ0) is 26.3. The summed E-state index contributed by atoms with van der Waals surface area (Å²) in [6.07, 6.45) is 1.59. The number of benzene rings is 3. The zero-order valence-corrected chi connectivity index (χ0v) is 22.2. The molecule has 6 nitrogen and oxygen atoms in total. The molecular weight excluding hydrogens is 530 g/mol. The molecule has 4 amide bonds. The third kappa shape index (κ3) is 4.32. The number of hydrogen-bond acceptors (Lipinski definition) is 3. The second kappa shape index (κ2) is 9.67. The van der Waals surface area contributed by atoms with E-state index < -0.39 is 17.8 Å². The first kappa shape index (κ1) is 24.5. The maximum absolute atomic E-state index is 13.7. The maximum atomic E-state index is 13.7. The van der Waals surface area contributed by atoms with Gasteiger partial charge >= 0.3 is 6.03 Å². The van der Waals surface area contributed by atoms with Crippen molar-refractivity contribution < 1.29 is 14.4 Å². The maximum Gasteiger partial charge on any atom is 0.343 e. The minimum absolute atomic E-state index is 0.0867. The van der Waals surface area contributed by atoms with Crippen LogP contribution in [-0.2, 0) is 9.59 Å². The summed E-state index contributed by atoms with van der Waals surface area (Å²) >= 11 is 3.61. The topological polar surface area (TPSA) is 62.6 Å². The number of carbonyl (C=O) groups excluding carboxylic acids is 3. The summed E-state index contributed by atoms with van der Waals surface area (Å²) in [5.74, 6) is -1.31. The highest BCUT2D eigenvalue weighted by Gasteiger charge is 2.43. The number of para-hydroxylation sites is 2. The zero-order valence-electron chi connectivity index (χ0n) is 20.6. The summed E-state index contributed by atoms with van der Waals surface area (Å²) < 4.78 is 2.98. The normalized spacial score (nSPS) is 15.1. The molecule has 0 aliphatic carbocycles. The van der Waals surface area contributed by atoms with Gasteiger partial charge in [0.2, 0.25) is 0 Å². The number of urea groups is 1. The van der Waals surface area contributed by atoms with Gasteiger partial charge in [-0.2, -0.15) is 0 Å². The van der Waals surface area contributed by atoms with Gasteiger partial charge in [-0.3, -0.25) is 9.59 Å². The monoisotopic (exact) mass is 553 g/mol. The summed E-state index contributed by atoms with van der Waals surface area (Å²) in [4.78, 5) is 43.1. The first-order valence-electron chi connectivity index (χ1n) is 11.8. The number of barbiturate groups is 1. The van der Waals surface area contributed by atoms with E-state index in [-0.39, 0.29) is 5.57 Å². The van der Waals surface area contributed by atoms with Crippen molar-refractivity contribution in [1.29, 1.82) is 0 Å². The first-order valence-corrected chi connectivity index (χ1v) is 12.6. The Bertz CT molecular complexity index is 1570. The van der Waals surface area contributed by atoms with E-state index in [2.05, 4.69) is 20.5 Å². The van der Waals surface area contributed by atoms with Crippen LogP contribution in [0.4, 0.5) is 16.2 Å². The smallest absolute Gasteiger partial charge is 0.317 e. The van der Waals surface area contributed by atoms with Crippen LogP contribution < -0.4 is 9.80 Å². The summed E-state index contributed by atoms with van der Waals surface area (Å²) in [7, 11) is 0. The fraction of sp³-hybridized carbons (Fsp3) is 0.100. The van der Waals surface area contributed by atoms with Crippen molar-refractivity contribution in [3.05, 3.63) is 117 Å². The fourth-order valence-corrected chi connectivity index (χ4v) is 5.01. The molecule has 0 radical (unpaired) electrons. The Balaban J connectivity index is 1.66. The highest BCUT2D eigenvalue weighted by atomic mass is 79.9. The van der Waals surface area contributed by atoms with Crippen molar-refractivity contribution in [3.63, 3.8) is 0 Å². The van der Waals surface area contributed by atoms with Crippen molar-refractivity contribution in [2.24, 2.45) is 0 Å². The Labute approximate surface area is 223 Å². The van der Waals surface area contributed by atoms with Crippen LogP contribution in [0.1, 0.15) is 22.5 Å². The highest BCUT2D eigenvalue weighted by molar-refractivity contribution is 9.10. The van der Waals surface area contributed by atoms with Gasteiger partial charge < -0.3 is 4.57 Å². The minimum Gasteiger partial charge on any atom is -0.317 e. The Morgan fingerprint density at radius 2 is 1.27 bits per heavy atom. The number of aryl methyl sites for hydroxylation is 2. The van der Waals surface area contributed by atoms with Gasteiger partial charge in [0.15, 0.2) is 0 Å². The fourth-order valence-electron chi connectivity index (χ4n) is 4.55. The highest BCUT2D eigenvalue weighted by Crippen LogP contribution is 2.32. The second-order valence-corrected chi connectivity index (χ2v) is 9.76. The Hall–Kier alpha value is -4.23. The molecule has 0 N–H and O–H groups in total. The Kier molecular flexibility index (Phi) is 6.39. The number of halogens is 1. The van der Waals surface area contributed by atoms with E-state index in [1.54, 1.807) is 48.5 Å². The number of nitrogens with zero attached hydrogens (tertiary/aromatic N) is 3. The molecule has 1 saturated heterocycles. The molecule has 0 unspecified atom stereocenters. The van der Waals surface area contributed by atoms with Gasteiger partial charge in [0.1, 0.15) is 5.57 Å². The predicted molar refractivity (Wildman–Crippen MR) is 149 cm³/mol. The van der Waals surface area contributed by atoms with Crippen molar-refractivity contribution >= 4 is 51.2 Å². The molecule has 1 aromatic heterocycles. The van der Waals surface area contributed by atoms with Crippen molar-refractivity contribution in [2.75, 3.05) is 9.80 Å². The van der Waals surface area contributed by atoms with Gasteiger partial charge in [-0.05, 0) is 90.8 Å². The number of imide groups is 2. The Morgan fingerprint density at radius 3 is 1.89 bits per heavy atom. The van der Waals surface area contributed by atoms with E-state index in [0.717, 1.165) is 42.5 Å². The quantitative estimate of drug-likeness (QED) is 0.207. The van der Waals surface area contributed by atoms with Crippen LogP contribution in [0.5, 0.6) is 0 Å². The van der Waals surface area contributed by atoms with Gasteiger partial charge in [0, 0.05) is 15.9 Å². The van der Waals surface area contributed by atoms with Crippen LogP contribution in [0.3, 0.4) is 0 Å². The van der Waals surface area contributed by atoms with Crippen LogP contribution in [0.15, 0.2) is 95.0 Å². The number of amides is 4. The molecule has 2 heterocycles. The first-order chi connectivity index (χ1) is 17.8. The van der Waals surface area contributed by atoms with Gasteiger partial charge in [-0.15, -0.1) is 0 Å². The molecule has 1 aliphatic heterocycles. The summed E-state index contributed by atoms with van der Waals surface area (Å²) in [5.41, 5.74) is 5.18. The second-order valence-electron chi connectivity index (χ2n) is 8.91. The van der Waals surface area contributed by atoms with E-state index in [0.29, 0.717) is 11.4 Å². The average molecular weight is 554 g/mol. The molecule has 7 heteroatoms. The molecule has 0 spiro atoms. The van der Waals surface area contributed by atoms with E-state index in [1.165, 1.54) is 0 Å². The molecule has 184 valence electrons. The van der Waals surface area contributed by atoms with Gasteiger partial charge in [-0.1, -0.05) is 48.0 Å². The van der Waals surface area contributed by atoms with E-state index in [1.807, 2.05) is 63.2 Å². The largest absolute Gasteiger partial charge is 0.343 e. The lowest BCUT2D eigenvalue weighted by atomic mass is 10.0. The van der Waals surface area contributed by atoms with Crippen molar-refractivity contribution in [3.8, 4) is 5.69 Å². The van der Waals surface area contributed by atoms with E-state index >= 15 is 0 Å². The lowest BCUT2D eigenvalue weighted by Gasteiger charge is -2.34. The summed E-state index contributed by atoms with van der Waals surface area (Å²) in [5, 5.41) is 0. The third-order valence-electron chi connectivity index (χ3n) is 6.42. The summed E-state index contributed by atoms with van der Waals surface area (Å²) in [6, 6.07) is 24.8. The van der Waals surface area contributed by atoms with Gasteiger partial charge in [0.25, 0.3) is 11.8 Å². The predicted octanol–water partition coefficient (Wildman–Crippen LogP) is 6.75. The minimum atomic E-state index is -0.708. The molecule has 4 aromatic rings. The van der Waals surface area contributed by atoms with Gasteiger partial charge in [0.05, 0.1) is 17.1 Å². The molecule has 5 rings (SSSR count). The van der Waals surface area contributed by atoms with Crippen LogP contribution in [0.25, 0.3) is 11.8 Å². The molecule has 1 aliphatic rings. The summed E-state index contributed by atoms with van der Waals surface area (Å²) in [6.45, 7) is 5.83. The van der Waals surface area contributed by atoms with Crippen LogP contribution in [0, 0.1) is 20.8 Å². The van der Waals surface area contributed by atoms with Crippen LogP contribution >= 0.6 is 15.9 Å². The number of hydrogen-bond donors (Lipinski definition) is 0. The molecular formula is C30H24BrN3O3. The third-order valence-corrected chi connectivity index (χ3v) is 7.09. The van der Waals surface area contributed by atoms with Crippen LogP contribution in [-0.4, -0.2) is 22.4 Å². The van der Waals surface area contributed by atoms with Crippen molar-refractivity contribution in [1.82, 2.24) is 4.57 Å². The molecule has 0 atom stereocenters. The van der Waals surface area contributed by atoms with Gasteiger partial charge in [-0.25, -0.2) is 14.6 Å². The number of anilines is 2. The lowest BCUT2D eigenvalue weighted by Crippen LogP contribution is -2.57. The molecule has 37 heavy (non-hydrogen) atoms. The number of rotatable bonds is 4. The lowest BCUT2D eigenvalue weighted by molar-refractivity contribution is -0.121.